The van der Waals surface area contributed by atoms with Crippen molar-refractivity contribution in [3.63, 3.8) is 0 Å². The van der Waals surface area contributed by atoms with E-state index < -0.39 is 17.6 Å². The van der Waals surface area contributed by atoms with E-state index in [0.29, 0.717) is 11.8 Å². The Labute approximate surface area is 113 Å². The van der Waals surface area contributed by atoms with Crippen LogP contribution >= 0.6 is 0 Å². The van der Waals surface area contributed by atoms with Gasteiger partial charge < -0.3 is 10.1 Å². The van der Waals surface area contributed by atoms with Crippen LogP contribution in [0.3, 0.4) is 0 Å². The molecule has 2 rings (SSSR count). The van der Waals surface area contributed by atoms with Gasteiger partial charge in [-0.1, -0.05) is 5.21 Å². The van der Waals surface area contributed by atoms with E-state index in [1.807, 2.05) is 0 Å². The number of methoxy groups -OCH3 is 1. The third kappa shape index (κ3) is 2.73. The number of aromatic nitrogens is 3. The number of hydrogen-bond acceptors (Lipinski definition) is 5. The third-order valence-electron chi connectivity index (χ3n) is 2.73. The molecule has 0 unspecified atom stereocenters. The van der Waals surface area contributed by atoms with E-state index in [2.05, 4.69) is 20.4 Å². The van der Waals surface area contributed by atoms with Crippen molar-refractivity contribution in [2.45, 2.75) is 6.54 Å². The maximum atomic E-state index is 13.6. The summed E-state index contributed by atoms with van der Waals surface area (Å²) in [5, 5.41) is 10.2. The first kappa shape index (κ1) is 13.9. The van der Waals surface area contributed by atoms with Gasteiger partial charge in [-0.25, -0.2) is 13.6 Å². The van der Waals surface area contributed by atoms with Crippen LogP contribution in [0.2, 0.25) is 0 Å². The summed E-state index contributed by atoms with van der Waals surface area (Å²) in [6.45, 7) is 0.229. The van der Waals surface area contributed by atoms with E-state index >= 15 is 0 Å². The van der Waals surface area contributed by atoms with Crippen LogP contribution in [0.4, 0.5) is 14.5 Å². The van der Waals surface area contributed by atoms with Gasteiger partial charge in [0.05, 0.1) is 36.8 Å². The molecule has 1 heterocycles. The van der Waals surface area contributed by atoms with Crippen molar-refractivity contribution in [1.29, 1.82) is 0 Å². The van der Waals surface area contributed by atoms with E-state index in [1.54, 1.807) is 7.05 Å². The molecular weight excluding hydrogens is 270 g/mol. The van der Waals surface area contributed by atoms with Crippen molar-refractivity contribution in [2.75, 3.05) is 12.4 Å². The molecule has 106 valence electrons. The molecule has 0 spiro atoms. The Bertz CT molecular complexity index is 642. The molecule has 0 aliphatic rings. The fourth-order valence-corrected chi connectivity index (χ4v) is 1.61. The summed E-state index contributed by atoms with van der Waals surface area (Å²) in [5.41, 5.74) is 0.362. The molecule has 0 atom stereocenters. The normalized spacial score (nSPS) is 10.4. The summed E-state index contributed by atoms with van der Waals surface area (Å²) in [6.07, 6.45) is 1.51. The Hall–Kier alpha value is -2.51. The number of halogens is 2. The molecule has 0 bridgehead atoms. The Kier molecular flexibility index (Phi) is 3.92. The minimum absolute atomic E-state index is 0.00648. The Morgan fingerprint density at radius 3 is 2.75 bits per heavy atom. The zero-order valence-corrected chi connectivity index (χ0v) is 10.9. The number of ether oxygens (including phenoxy) is 1. The first-order valence-corrected chi connectivity index (χ1v) is 5.67. The van der Waals surface area contributed by atoms with E-state index in [9.17, 15) is 13.6 Å². The number of benzene rings is 1. The summed E-state index contributed by atoms with van der Waals surface area (Å²) >= 11 is 0. The molecule has 0 saturated heterocycles. The minimum atomic E-state index is -0.970. The minimum Gasteiger partial charge on any atom is -0.465 e. The lowest BCUT2D eigenvalue weighted by Gasteiger charge is -2.09. The van der Waals surface area contributed by atoms with Crippen molar-refractivity contribution >= 4 is 11.7 Å². The number of carbonyl (C=O) groups excluding carboxylic acids is 1. The molecule has 0 amide bonds. The van der Waals surface area contributed by atoms with Crippen LogP contribution in [0.5, 0.6) is 0 Å². The molecular formula is C12H12F2N4O2. The van der Waals surface area contributed by atoms with Gasteiger partial charge in [0, 0.05) is 13.1 Å². The first-order valence-electron chi connectivity index (χ1n) is 5.67. The zero-order chi connectivity index (χ0) is 14.7. The lowest BCUT2D eigenvalue weighted by atomic mass is 10.1. The third-order valence-corrected chi connectivity index (χ3v) is 2.73. The van der Waals surface area contributed by atoms with Crippen LogP contribution < -0.4 is 5.32 Å². The first-order chi connectivity index (χ1) is 9.52. The second kappa shape index (κ2) is 5.64. The van der Waals surface area contributed by atoms with Crippen LogP contribution in [0.25, 0.3) is 0 Å². The number of rotatable bonds is 4. The molecule has 0 aliphatic heterocycles. The number of esters is 1. The molecule has 2 aromatic rings. The number of hydrogen-bond donors (Lipinski definition) is 1. The van der Waals surface area contributed by atoms with E-state index in [0.717, 1.165) is 13.2 Å². The maximum Gasteiger partial charge on any atom is 0.340 e. The summed E-state index contributed by atoms with van der Waals surface area (Å²) < 4.78 is 33.0. The maximum absolute atomic E-state index is 13.6. The molecule has 1 N–H and O–H groups in total. The van der Waals surface area contributed by atoms with Gasteiger partial charge in [-0.05, 0) is 6.07 Å². The zero-order valence-electron chi connectivity index (χ0n) is 10.9. The number of aryl methyl sites for hydroxylation is 1. The van der Waals surface area contributed by atoms with E-state index in [-0.39, 0.29) is 17.8 Å². The van der Waals surface area contributed by atoms with Gasteiger partial charge in [0.2, 0.25) is 0 Å². The van der Waals surface area contributed by atoms with Gasteiger partial charge in [-0.2, -0.15) is 0 Å². The highest BCUT2D eigenvalue weighted by molar-refractivity contribution is 5.90. The highest BCUT2D eigenvalue weighted by Crippen LogP contribution is 2.20. The number of nitrogens with zero attached hydrogens (tertiary/aromatic N) is 3. The van der Waals surface area contributed by atoms with E-state index in [1.165, 1.54) is 10.9 Å². The molecule has 8 heteroatoms. The van der Waals surface area contributed by atoms with Gasteiger partial charge in [-0.15, -0.1) is 5.10 Å². The van der Waals surface area contributed by atoms with Gasteiger partial charge >= 0.3 is 5.97 Å². The molecule has 20 heavy (non-hydrogen) atoms. The van der Waals surface area contributed by atoms with Gasteiger partial charge in [0.25, 0.3) is 0 Å². The Balaban J connectivity index is 2.23. The fraction of sp³-hybridized carbons (Fsp3) is 0.250. The molecule has 0 saturated carbocycles. The highest BCUT2D eigenvalue weighted by Gasteiger charge is 2.16. The van der Waals surface area contributed by atoms with Crippen molar-refractivity contribution in [3.8, 4) is 0 Å². The number of nitrogens with one attached hydrogen (secondary N) is 1. The van der Waals surface area contributed by atoms with Crippen molar-refractivity contribution in [3.05, 3.63) is 41.2 Å². The molecule has 0 radical (unpaired) electrons. The van der Waals surface area contributed by atoms with Crippen molar-refractivity contribution in [2.24, 2.45) is 7.05 Å². The molecule has 0 aliphatic carbocycles. The van der Waals surface area contributed by atoms with Crippen LogP contribution in [0.15, 0.2) is 18.3 Å². The Morgan fingerprint density at radius 1 is 1.40 bits per heavy atom. The summed E-state index contributed by atoms with van der Waals surface area (Å²) in [6, 6.07) is 1.70. The Morgan fingerprint density at radius 2 is 2.15 bits per heavy atom. The van der Waals surface area contributed by atoms with Crippen LogP contribution in [0.1, 0.15) is 16.1 Å². The fourth-order valence-electron chi connectivity index (χ4n) is 1.61. The van der Waals surface area contributed by atoms with E-state index in [4.69, 9.17) is 0 Å². The summed E-state index contributed by atoms with van der Waals surface area (Å²) in [7, 11) is 2.81. The highest BCUT2D eigenvalue weighted by atomic mass is 19.1. The number of anilines is 1. The van der Waals surface area contributed by atoms with Gasteiger partial charge in [0.1, 0.15) is 11.6 Å². The van der Waals surface area contributed by atoms with Gasteiger partial charge in [0.15, 0.2) is 0 Å². The molecule has 1 aromatic heterocycles. The quantitative estimate of drug-likeness (QED) is 0.860. The van der Waals surface area contributed by atoms with Crippen LogP contribution in [0, 0.1) is 11.6 Å². The van der Waals surface area contributed by atoms with Crippen LogP contribution in [-0.4, -0.2) is 28.1 Å². The molecule has 6 nitrogen and oxygen atoms in total. The van der Waals surface area contributed by atoms with Crippen LogP contribution in [-0.2, 0) is 18.3 Å². The second-order valence-electron chi connectivity index (χ2n) is 4.01. The second-order valence-corrected chi connectivity index (χ2v) is 4.01. The monoisotopic (exact) mass is 282 g/mol. The lowest BCUT2D eigenvalue weighted by molar-refractivity contribution is 0.0595. The molecule has 1 aromatic carbocycles. The SMILES string of the molecule is COC(=O)c1cc(NCc2cnnn2C)c(F)cc1F. The van der Waals surface area contributed by atoms with Crippen molar-refractivity contribution < 1.29 is 18.3 Å². The predicted molar refractivity (Wildman–Crippen MR) is 66.0 cm³/mol. The average Bonchev–Trinajstić information content (AvgIpc) is 2.82. The topological polar surface area (TPSA) is 69.0 Å². The smallest absolute Gasteiger partial charge is 0.340 e. The summed E-state index contributed by atoms with van der Waals surface area (Å²) in [5.74, 6) is -2.64. The summed E-state index contributed by atoms with van der Waals surface area (Å²) in [4.78, 5) is 11.3. The van der Waals surface area contributed by atoms with Gasteiger partial charge in [-0.3, -0.25) is 4.68 Å². The largest absolute Gasteiger partial charge is 0.465 e. The average molecular weight is 282 g/mol. The standard InChI is InChI=1S/C12H12F2N4O2/c1-18-7(6-16-17-18)5-15-11-3-8(12(19)20-2)9(13)4-10(11)14/h3-4,6,15H,5H2,1-2H3. The molecule has 0 fully saturated rings. The lowest BCUT2D eigenvalue weighted by Crippen LogP contribution is -2.10. The number of carbonyl (C=O) groups is 1. The van der Waals surface area contributed by atoms with Crippen molar-refractivity contribution in [1.82, 2.24) is 15.0 Å². The predicted octanol–water partition coefficient (Wildman–Crippen LogP) is 1.49.